The predicted octanol–water partition coefficient (Wildman–Crippen LogP) is 3.85. The van der Waals surface area contributed by atoms with E-state index in [9.17, 15) is 4.79 Å². The highest BCUT2D eigenvalue weighted by atomic mass is 16.1. The van der Waals surface area contributed by atoms with Crippen LogP contribution in [-0.4, -0.2) is 12.5 Å². The Morgan fingerprint density at radius 2 is 1.30 bits per heavy atom. The first kappa shape index (κ1) is 17.2. The van der Waals surface area contributed by atoms with Crippen LogP contribution in [0.1, 0.15) is 44.0 Å². The Morgan fingerprint density at radius 3 is 1.83 bits per heavy atom. The van der Waals surface area contributed by atoms with Gasteiger partial charge in [-0.2, -0.15) is 0 Å². The first-order valence-electron chi connectivity index (χ1n) is 8.21. The Bertz CT molecular complexity index is 598. The zero-order valence-electron chi connectivity index (χ0n) is 14.1. The zero-order chi connectivity index (χ0) is 16.7. The third-order valence-corrected chi connectivity index (χ3v) is 4.14. The maximum absolute atomic E-state index is 12.3. The van der Waals surface area contributed by atoms with Gasteiger partial charge in [-0.15, -0.1) is 0 Å². The van der Waals surface area contributed by atoms with Crippen LogP contribution in [0.4, 0.5) is 0 Å². The van der Waals surface area contributed by atoms with E-state index in [4.69, 9.17) is 0 Å². The summed E-state index contributed by atoms with van der Waals surface area (Å²) in [6, 6.07) is 20.6. The van der Waals surface area contributed by atoms with Crippen molar-refractivity contribution in [3.8, 4) is 0 Å². The minimum atomic E-state index is -0.0766. The van der Waals surface area contributed by atoms with Crippen LogP contribution in [-0.2, 0) is 4.79 Å². The SMILES string of the molecule is CC(CN[C@@H](C)c1ccccc1)C(=O)N[C@H](C)c1ccccc1. The van der Waals surface area contributed by atoms with E-state index in [2.05, 4.69) is 29.7 Å². The number of benzene rings is 2. The van der Waals surface area contributed by atoms with Crippen LogP contribution in [0.3, 0.4) is 0 Å². The van der Waals surface area contributed by atoms with E-state index in [1.165, 1.54) is 5.56 Å². The molecule has 23 heavy (non-hydrogen) atoms. The number of rotatable bonds is 7. The molecule has 1 amide bonds. The van der Waals surface area contributed by atoms with Gasteiger partial charge < -0.3 is 10.6 Å². The largest absolute Gasteiger partial charge is 0.349 e. The Kier molecular flexibility index (Phi) is 6.36. The van der Waals surface area contributed by atoms with Gasteiger partial charge in [0, 0.05) is 18.5 Å². The maximum Gasteiger partial charge on any atom is 0.224 e. The molecule has 2 aromatic carbocycles. The van der Waals surface area contributed by atoms with Crippen LogP contribution in [0.15, 0.2) is 60.7 Å². The molecule has 0 bridgehead atoms. The van der Waals surface area contributed by atoms with Crippen molar-refractivity contribution < 1.29 is 4.79 Å². The Hall–Kier alpha value is -2.13. The first-order chi connectivity index (χ1) is 11.1. The lowest BCUT2D eigenvalue weighted by atomic mass is 10.1. The van der Waals surface area contributed by atoms with Gasteiger partial charge >= 0.3 is 0 Å². The highest BCUT2D eigenvalue weighted by molar-refractivity contribution is 5.78. The van der Waals surface area contributed by atoms with Crippen LogP contribution in [0, 0.1) is 5.92 Å². The van der Waals surface area contributed by atoms with Crippen molar-refractivity contribution in [3.05, 3.63) is 71.8 Å². The highest BCUT2D eigenvalue weighted by Crippen LogP contribution is 2.13. The molecule has 0 spiro atoms. The second kappa shape index (κ2) is 8.49. The molecule has 3 heteroatoms. The van der Waals surface area contributed by atoms with Gasteiger partial charge in [-0.3, -0.25) is 4.79 Å². The summed E-state index contributed by atoms with van der Waals surface area (Å²) < 4.78 is 0. The molecule has 3 nitrogen and oxygen atoms in total. The normalized spacial score (nSPS) is 14.7. The molecule has 0 aliphatic carbocycles. The van der Waals surface area contributed by atoms with Gasteiger partial charge in [0.05, 0.1) is 6.04 Å². The second-order valence-electron chi connectivity index (χ2n) is 6.08. The molecule has 0 saturated heterocycles. The Balaban J connectivity index is 1.81. The lowest BCUT2D eigenvalue weighted by molar-refractivity contribution is -0.125. The molecule has 1 unspecified atom stereocenters. The van der Waals surface area contributed by atoms with E-state index in [0.29, 0.717) is 6.54 Å². The van der Waals surface area contributed by atoms with E-state index in [0.717, 1.165) is 5.56 Å². The third-order valence-electron chi connectivity index (χ3n) is 4.14. The summed E-state index contributed by atoms with van der Waals surface area (Å²) in [5.41, 5.74) is 2.36. The van der Waals surface area contributed by atoms with Crippen molar-refractivity contribution in [1.29, 1.82) is 0 Å². The number of nitrogens with one attached hydrogen (secondary N) is 2. The van der Waals surface area contributed by atoms with Crippen LogP contribution in [0.2, 0.25) is 0 Å². The Labute approximate surface area is 139 Å². The number of hydrogen-bond acceptors (Lipinski definition) is 2. The van der Waals surface area contributed by atoms with Gasteiger partial charge in [0.2, 0.25) is 5.91 Å². The minimum Gasteiger partial charge on any atom is -0.349 e. The molecule has 2 aromatic rings. The average Bonchev–Trinajstić information content (AvgIpc) is 2.60. The summed E-state index contributed by atoms with van der Waals surface area (Å²) in [5.74, 6) is 0.00133. The quantitative estimate of drug-likeness (QED) is 0.815. The molecule has 0 aliphatic heterocycles. The molecule has 0 aromatic heterocycles. The van der Waals surface area contributed by atoms with Crippen molar-refractivity contribution in [2.45, 2.75) is 32.9 Å². The van der Waals surface area contributed by atoms with Gasteiger partial charge in [-0.25, -0.2) is 0 Å². The van der Waals surface area contributed by atoms with Crippen LogP contribution < -0.4 is 10.6 Å². The fourth-order valence-electron chi connectivity index (χ4n) is 2.49. The first-order valence-corrected chi connectivity index (χ1v) is 8.21. The molecule has 0 radical (unpaired) electrons. The van der Waals surface area contributed by atoms with Gasteiger partial charge in [0.25, 0.3) is 0 Å². The lowest BCUT2D eigenvalue weighted by Gasteiger charge is -2.20. The molecular weight excluding hydrogens is 284 g/mol. The molecule has 2 rings (SSSR count). The molecule has 0 heterocycles. The van der Waals surface area contributed by atoms with E-state index in [1.54, 1.807) is 0 Å². The summed E-state index contributed by atoms with van der Waals surface area (Å²) in [4.78, 5) is 12.3. The molecule has 2 N–H and O–H groups in total. The molecule has 0 fully saturated rings. The summed E-state index contributed by atoms with van der Waals surface area (Å²) in [7, 11) is 0. The zero-order valence-corrected chi connectivity index (χ0v) is 14.1. The number of amides is 1. The average molecular weight is 310 g/mol. The third kappa shape index (κ3) is 5.22. The van der Waals surface area contributed by atoms with Gasteiger partial charge in [0.15, 0.2) is 0 Å². The van der Waals surface area contributed by atoms with E-state index in [-0.39, 0.29) is 23.9 Å². The maximum atomic E-state index is 12.3. The van der Waals surface area contributed by atoms with Crippen LogP contribution in [0.5, 0.6) is 0 Å². The molecular formula is C20H26N2O. The van der Waals surface area contributed by atoms with Gasteiger partial charge in [-0.05, 0) is 25.0 Å². The van der Waals surface area contributed by atoms with Gasteiger partial charge in [-0.1, -0.05) is 67.6 Å². The topological polar surface area (TPSA) is 41.1 Å². The molecule has 122 valence electrons. The van der Waals surface area contributed by atoms with Crippen molar-refractivity contribution in [2.24, 2.45) is 5.92 Å². The minimum absolute atomic E-state index is 0.0256. The monoisotopic (exact) mass is 310 g/mol. The van der Waals surface area contributed by atoms with Gasteiger partial charge in [0.1, 0.15) is 0 Å². The van der Waals surface area contributed by atoms with E-state index < -0.39 is 0 Å². The molecule has 0 aliphatic rings. The summed E-state index contributed by atoms with van der Waals surface area (Å²) in [6.07, 6.45) is 0. The van der Waals surface area contributed by atoms with Crippen LogP contribution >= 0.6 is 0 Å². The Morgan fingerprint density at radius 1 is 0.826 bits per heavy atom. The molecule has 0 saturated carbocycles. The predicted molar refractivity (Wildman–Crippen MR) is 95.0 cm³/mol. The van der Waals surface area contributed by atoms with E-state index >= 15 is 0 Å². The standard InChI is InChI=1S/C20H26N2O/c1-15(14-21-16(2)18-10-6-4-7-11-18)20(23)22-17(3)19-12-8-5-9-13-19/h4-13,15-17,21H,14H2,1-3H3,(H,22,23)/t15?,16-,17+/m0/s1. The summed E-state index contributed by atoms with van der Waals surface area (Å²) >= 11 is 0. The van der Waals surface area contributed by atoms with Crippen molar-refractivity contribution in [2.75, 3.05) is 6.54 Å². The highest BCUT2D eigenvalue weighted by Gasteiger charge is 2.17. The molecule has 3 atom stereocenters. The van der Waals surface area contributed by atoms with Crippen LogP contribution in [0.25, 0.3) is 0 Å². The lowest BCUT2D eigenvalue weighted by Crippen LogP contribution is -2.37. The van der Waals surface area contributed by atoms with Crippen molar-refractivity contribution in [3.63, 3.8) is 0 Å². The second-order valence-corrected chi connectivity index (χ2v) is 6.08. The van der Waals surface area contributed by atoms with Crippen molar-refractivity contribution >= 4 is 5.91 Å². The van der Waals surface area contributed by atoms with E-state index in [1.807, 2.05) is 62.4 Å². The fourth-order valence-corrected chi connectivity index (χ4v) is 2.49. The number of carbonyl (C=O) groups excluding carboxylic acids is 1. The summed E-state index contributed by atoms with van der Waals surface area (Å²) in [5, 5.41) is 6.51. The smallest absolute Gasteiger partial charge is 0.224 e. The fraction of sp³-hybridized carbons (Fsp3) is 0.350. The van der Waals surface area contributed by atoms with Crippen molar-refractivity contribution in [1.82, 2.24) is 10.6 Å². The summed E-state index contributed by atoms with van der Waals surface area (Å²) in [6.45, 7) is 6.74. The number of carbonyl (C=O) groups is 1. The number of hydrogen-bond donors (Lipinski definition) is 2.